The van der Waals surface area contributed by atoms with E-state index in [-0.39, 0.29) is 12.1 Å². The predicted molar refractivity (Wildman–Crippen MR) is 141 cm³/mol. The normalized spacial score (nSPS) is 16.6. The molecule has 3 aromatic carbocycles. The highest BCUT2D eigenvalue weighted by molar-refractivity contribution is 5.86. The Kier molecular flexibility index (Phi) is 7.39. The van der Waals surface area contributed by atoms with Gasteiger partial charge in [0.25, 0.3) is 5.69 Å². The van der Waals surface area contributed by atoms with Gasteiger partial charge < -0.3 is 19.5 Å². The molecule has 3 aromatic rings. The minimum Gasteiger partial charge on any atom is -0.467 e. The molecule has 198 valence electrons. The molecular formula is C29H30N2O7. The van der Waals surface area contributed by atoms with E-state index in [4.69, 9.17) is 14.2 Å². The molecule has 9 nitrogen and oxygen atoms in total. The largest absolute Gasteiger partial charge is 0.467 e. The number of benzene rings is 3. The summed E-state index contributed by atoms with van der Waals surface area (Å²) in [4.78, 5) is 36.3. The molecule has 0 saturated heterocycles. The minimum absolute atomic E-state index is 0.0114. The second kappa shape index (κ2) is 10.5. The smallest absolute Gasteiger partial charge is 0.408 e. The van der Waals surface area contributed by atoms with Gasteiger partial charge in [0.05, 0.1) is 12.0 Å². The zero-order valence-corrected chi connectivity index (χ0v) is 21.8. The van der Waals surface area contributed by atoms with Gasteiger partial charge in [-0.15, -0.1) is 0 Å². The van der Waals surface area contributed by atoms with Crippen molar-refractivity contribution >= 4 is 17.7 Å². The van der Waals surface area contributed by atoms with E-state index in [0.717, 1.165) is 11.1 Å². The number of aryl methyl sites for hydroxylation is 1. The number of fused-ring (bicyclic) bond motifs is 1. The molecule has 1 atom stereocenters. The summed E-state index contributed by atoms with van der Waals surface area (Å²) < 4.78 is 16.7. The topological polar surface area (TPSA) is 117 Å². The molecular weight excluding hydrogens is 488 g/mol. The fraction of sp³-hybridized carbons (Fsp3) is 0.310. The van der Waals surface area contributed by atoms with Gasteiger partial charge in [-0.2, -0.15) is 0 Å². The molecule has 0 spiro atoms. The van der Waals surface area contributed by atoms with Crippen LogP contribution in [0.4, 0.5) is 10.5 Å². The fourth-order valence-corrected chi connectivity index (χ4v) is 4.57. The summed E-state index contributed by atoms with van der Waals surface area (Å²) in [6.07, 6.45) is 0.425. The number of alkyl carbamates (subject to hydrolysis) is 1. The molecule has 0 aliphatic heterocycles. The molecule has 1 N–H and O–H groups in total. The van der Waals surface area contributed by atoms with Crippen molar-refractivity contribution in [2.45, 2.75) is 51.2 Å². The zero-order chi connectivity index (χ0) is 27.5. The first-order chi connectivity index (χ1) is 18.0. The van der Waals surface area contributed by atoms with Crippen molar-refractivity contribution in [3.63, 3.8) is 0 Å². The molecule has 1 aliphatic carbocycles. The quantitative estimate of drug-likeness (QED) is 0.242. The number of nitro groups is 1. The highest BCUT2D eigenvalue weighted by Gasteiger charge is 2.45. The van der Waals surface area contributed by atoms with Crippen LogP contribution in [0.3, 0.4) is 0 Å². The van der Waals surface area contributed by atoms with Gasteiger partial charge >= 0.3 is 12.1 Å². The third-order valence-corrected chi connectivity index (χ3v) is 6.29. The number of esters is 1. The third-order valence-electron chi connectivity index (χ3n) is 6.29. The highest BCUT2D eigenvalue weighted by Crippen LogP contribution is 2.37. The molecule has 0 fully saturated rings. The van der Waals surface area contributed by atoms with Gasteiger partial charge in [0.2, 0.25) is 0 Å². The Morgan fingerprint density at radius 3 is 2.47 bits per heavy atom. The molecule has 1 aliphatic rings. The van der Waals surface area contributed by atoms with Crippen LogP contribution < -0.4 is 10.1 Å². The lowest BCUT2D eigenvalue weighted by atomic mass is 9.78. The fourth-order valence-electron chi connectivity index (χ4n) is 4.57. The molecule has 4 rings (SSSR count). The monoisotopic (exact) mass is 518 g/mol. The van der Waals surface area contributed by atoms with Crippen LogP contribution in [0.25, 0.3) is 11.1 Å². The standard InChI is InChI=1S/C29H30N2O7/c1-28(2,3)38-27(33)30-29(26(32)36-4)15-14-19-12-13-23(17-21(19)18-29)37-25-11-6-5-10-24(25)20-8-7-9-22(16-20)31(34)35/h5-13,16-17H,14-15,18H2,1-4H3,(H,30,33). The summed E-state index contributed by atoms with van der Waals surface area (Å²) in [5.41, 5.74) is 1.22. The average Bonchev–Trinajstić information content (AvgIpc) is 2.87. The summed E-state index contributed by atoms with van der Waals surface area (Å²) in [7, 11) is 1.29. The molecule has 38 heavy (non-hydrogen) atoms. The van der Waals surface area contributed by atoms with Crippen LogP contribution in [0.5, 0.6) is 11.5 Å². The average molecular weight is 519 g/mol. The molecule has 0 bridgehead atoms. The third kappa shape index (κ3) is 5.94. The van der Waals surface area contributed by atoms with Gasteiger partial charge in [-0.3, -0.25) is 10.1 Å². The Balaban J connectivity index is 1.63. The second-order valence-corrected chi connectivity index (χ2v) is 10.2. The van der Waals surface area contributed by atoms with Crippen molar-refractivity contribution in [3.05, 3.63) is 88.0 Å². The number of hydrogen-bond donors (Lipinski definition) is 1. The van der Waals surface area contributed by atoms with E-state index in [9.17, 15) is 19.7 Å². The Labute approximate surface area is 220 Å². The van der Waals surface area contributed by atoms with E-state index in [0.29, 0.717) is 35.5 Å². The molecule has 1 unspecified atom stereocenters. The van der Waals surface area contributed by atoms with Crippen LogP contribution in [-0.4, -0.2) is 35.2 Å². The van der Waals surface area contributed by atoms with E-state index >= 15 is 0 Å². The predicted octanol–water partition coefficient (Wildman–Crippen LogP) is 5.98. The minimum atomic E-state index is -1.27. The number of rotatable bonds is 6. The molecule has 1 amide bonds. The van der Waals surface area contributed by atoms with Crippen molar-refractivity contribution in [1.29, 1.82) is 0 Å². The number of carbonyl (C=O) groups is 2. The van der Waals surface area contributed by atoms with E-state index in [1.54, 1.807) is 39.0 Å². The van der Waals surface area contributed by atoms with Crippen LogP contribution >= 0.6 is 0 Å². The van der Waals surface area contributed by atoms with Crippen molar-refractivity contribution < 1.29 is 28.7 Å². The maximum atomic E-state index is 12.9. The first-order valence-electron chi connectivity index (χ1n) is 12.2. The number of non-ortho nitro benzene ring substituents is 1. The number of nitrogens with one attached hydrogen (secondary N) is 1. The zero-order valence-electron chi connectivity index (χ0n) is 21.8. The second-order valence-electron chi connectivity index (χ2n) is 10.2. The number of carbonyl (C=O) groups excluding carboxylic acids is 2. The number of para-hydroxylation sites is 1. The molecule has 0 heterocycles. The number of nitrogens with zero attached hydrogens (tertiary/aromatic N) is 1. The van der Waals surface area contributed by atoms with Crippen LogP contribution in [0.15, 0.2) is 66.7 Å². The van der Waals surface area contributed by atoms with Crippen LogP contribution in [0.2, 0.25) is 0 Å². The number of methoxy groups -OCH3 is 1. The van der Waals surface area contributed by atoms with Crippen LogP contribution in [0.1, 0.15) is 38.3 Å². The molecule has 0 saturated carbocycles. The number of ether oxygens (including phenoxy) is 3. The van der Waals surface area contributed by atoms with Gasteiger partial charge in [0.15, 0.2) is 0 Å². The number of amides is 1. The van der Waals surface area contributed by atoms with Crippen molar-refractivity contribution in [2.24, 2.45) is 0 Å². The highest BCUT2D eigenvalue weighted by atomic mass is 16.6. The Bertz CT molecular complexity index is 1380. The SMILES string of the molecule is COC(=O)C1(NC(=O)OC(C)(C)C)CCc2ccc(Oc3ccccc3-c3cccc([N+](=O)[O-])c3)cc2C1. The lowest BCUT2D eigenvalue weighted by Gasteiger charge is -2.36. The lowest BCUT2D eigenvalue weighted by molar-refractivity contribution is -0.384. The van der Waals surface area contributed by atoms with Crippen molar-refractivity contribution in [3.8, 4) is 22.6 Å². The van der Waals surface area contributed by atoms with Crippen molar-refractivity contribution in [2.75, 3.05) is 7.11 Å². The summed E-state index contributed by atoms with van der Waals surface area (Å²) in [5.74, 6) is 0.505. The molecule has 0 aromatic heterocycles. The summed E-state index contributed by atoms with van der Waals surface area (Å²) >= 11 is 0. The number of hydrogen-bond acceptors (Lipinski definition) is 7. The van der Waals surface area contributed by atoms with Gasteiger partial charge in [-0.25, -0.2) is 9.59 Å². The number of nitro benzene ring substituents is 1. The van der Waals surface area contributed by atoms with Crippen LogP contribution in [-0.2, 0) is 27.1 Å². The van der Waals surface area contributed by atoms with Gasteiger partial charge in [-0.1, -0.05) is 36.4 Å². The van der Waals surface area contributed by atoms with Crippen LogP contribution in [0, 0.1) is 10.1 Å². The van der Waals surface area contributed by atoms with Gasteiger partial charge in [0, 0.05) is 24.1 Å². The van der Waals surface area contributed by atoms with E-state index in [1.165, 1.54) is 19.2 Å². The Hall–Kier alpha value is -4.40. The van der Waals surface area contributed by atoms with Gasteiger partial charge in [-0.05, 0) is 68.5 Å². The Morgan fingerprint density at radius 2 is 1.76 bits per heavy atom. The van der Waals surface area contributed by atoms with E-state index in [2.05, 4.69) is 5.32 Å². The van der Waals surface area contributed by atoms with Crippen molar-refractivity contribution in [1.82, 2.24) is 5.32 Å². The Morgan fingerprint density at radius 1 is 1.00 bits per heavy atom. The van der Waals surface area contributed by atoms with E-state index < -0.39 is 28.1 Å². The molecule has 9 heteroatoms. The summed E-state index contributed by atoms with van der Waals surface area (Å²) in [6, 6.07) is 19.3. The summed E-state index contributed by atoms with van der Waals surface area (Å²) in [5, 5.41) is 14.0. The maximum absolute atomic E-state index is 12.9. The summed E-state index contributed by atoms with van der Waals surface area (Å²) in [6.45, 7) is 5.26. The lowest BCUT2D eigenvalue weighted by Crippen LogP contribution is -2.59. The first-order valence-corrected chi connectivity index (χ1v) is 12.2. The maximum Gasteiger partial charge on any atom is 0.408 e. The van der Waals surface area contributed by atoms with E-state index in [1.807, 2.05) is 36.4 Å². The van der Waals surface area contributed by atoms with Gasteiger partial charge in [0.1, 0.15) is 22.6 Å². The first kappa shape index (κ1) is 26.7. The molecule has 0 radical (unpaired) electrons.